The van der Waals surface area contributed by atoms with Crippen molar-refractivity contribution in [3.63, 3.8) is 0 Å². The summed E-state index contributed by atoms with van der Waals surface area (Å²) >= 11 is 0. The van der Waals surface area contributed by atoms with E-state index in [4.69, 9.17) is 9.47 Å². The van der Waals surface area contributed by atoms with Crippen molar-refractivity contribution < 1.29 is 19.4 Å². The zero-order valence-electron chi connectivity index (χ0n) is 16.1. The van der Waals surface area contributed by atoms with Gasteiger partial charge < -0.3 is 14.6 Å². The fourth-order valence-corrected chi connectivity index (χ4v) is 5.71. The first-order valence-corrected chi connectivity index (χ1v) is 10.4. The summed E-state index contributed by atoms with van der Waals surface area (Å²) in [4.78, 5) is 13.9. The second-order valence-electron chi connectivity index (χ2n) is 9.22. The summed E-state index contributed by atoms with van der Waals surface area (Å²) in [6, 6.07) is 4.75. The highest BCUT2D eigenvalue weighted by atomic mass is 16.6. The lowest BCUT2D eigenvalue weighted by molar-refractivity contribution is -0.138. The molecule has 4 aliphatic rings. The number of benzene rings is 1. The maximum Gasteiger partial charge on any atom is 0.303 e. The third-order valence-electron chi connectivity index (χ3n) is 7.37. The quantitative estimate of drug-likeness (QED) is 0.870. The van der Waals surface area contributed by atoms with Crippen LogP contribution >= 0.6 is 0 Å². The van der Waals surface area contributed by atoms with E-state index in [0.717, 1.165) is 37.4 Å². The average molecular weight is 371 g/mol. The van der Waals surface area contributed by atoms with Crippen LogP contribution in [-0.2, 0) is 10.2 Å². The van der Waals surface area contributed by atoms with Gasteiger partial charge in [-0.3, -0.25) is 9.69 Å². The molecule has 1 unspecified atom stereocenters. The van der Waals surface area contributed by atoms with E-state index in [1.807, 2.05) is 0 Å². The Morgan fingerprint density at radius 3 is 2.44 bits per heavy atom. The standard InChI is InChI=1S/C22H29NO4/c1-15-16-10-18-19(27-9-8-26-18)11-17(16)22(4-2-3-5-22)14-23(15)13-21(6-7-21)12-20(24)25/h10-11,15H,2-9,12-14H2,1H3,(H,24,25). The molecule has 5 rings (SSSR count). The van der Waals surface area contributed by atoms with Gasteiger partial charge >= 0.3 is 5.97 Å². The SMILES string of the molecule is CC1c2cc3c(cc2C2(CCCC2)CN1CC1(CC(=O)O)CC1)OCCO3. The van der Waals surface area contributed by atoms with Gasteiger partial charge in [0.25, 0.3) is 0 Å². The van der Waals surface area contributed by atoms with Gasteiger partial charge in [-0.05, 0) is 61.3 Å². The van der Waals surface area contributed by atoms with Gasteiger partial charge in [0.15, 0.2) is 11.5 Å². The van der Waals surface area contributed by atoms with E-state index in [0.29, 0.717) is 19.6 Å². The molecule has 0 bridgehead atoms. The summed E-state index contributed by atoms with van der Waals surface area (Å²) in [7, 11) is 0. The van der Waals surface area contributed by atoms with E-state index in [-0.39, 0.29) is 16.9 Å². The molecule has 2 aliphatic carbocycles. The molecule has 1 N–H and O–H groups in total. The molecular weight excluding hydrogens is 342 g/mol. The fourth-order valence-electron chi connectivity index (χ4n) is 5.71. The van der Waals surface area contributed by atoms with Crippen molar-refractivity contribution in [3.05, 3.63) is 23.3 Å². The van der Waals surface area contributed by atoms with Crippen LogP contribution in [0, 0.1) is 5.41 Å². The van der Waals surface area contributed by atoms with Gasteiger partial charge in [-0.25, -0.2) is 0 Å². The molecule has 5 nitrogen and oxygen atoms in total. The van der Waals surface area contributed by atoms with Crippen molar-refractivity contribution >= 4 is 5.97 Å². The van der Waals surface area contributed by atoms with Crippen LogP contribution in [0.5, 0.6) is 11.5 Å². The topological polar surface area (TPSA) is 59.0 Å². The molecule has 2 heterocycles. The Labute approximate surface area is 160 Å². The van der Waals surface area contributed by atoms with E-state index in [1.54, 1.807) is 0 Å². The first-order valence-electron chi connectivity index (χ1n) is 10.4. The first-order chi connectivity index (χ1) is 13.0. The van der Waals surface area contributed by atoms with Crippen LogP contribution < -0.4 is 9.47 Å². The number of fused-ring (bicyclic) bond motifs is 3. The van der Waals surface area contributed by atoms with E-state index in [2.05, 4.69) is 24.0 Å². The minimum atomic E-state index is -0.659. The van der Waals surface area contributed by atoms with Gasteiger partial charge in [-0.1, -0.05) is 12.8 Å². The predicted molar refractivity (Wildman–Crippen MR) is 101 cm³/mol. The zero-order valence-corrected chi connectivity index (χ0v) is 16.1. The van der Waals surface area contributed by atoms with Crippen LogP contribution in [0.2, 0.25) is 0 Å². The lowest BCUT2D eigenvalue weighted by Gasteiger charge is -2.47. The van der Waals surface area contributed by atoms with Crippen LogP contribution in [0.15, 0.2) is 12.1 Å². The van der Waals surface area contributed by atoms with Crippen molar-refractivity contribution in [2.45, 2.75) is 63.3 Å². The van der Waals surface area contributed by atoms with E-state index in [9.17, 15) is 9.90 Å². The highest BCUT2D eigenvalue weighted by molar-refractivity contribution is 5.68. The average Bonchev–Trinajstić information content (AvgIpc) is 3.22. The van der Waals surface area contributed by atoms with E-state index < -0.39 is 5.97 Å². The first kappa shape index (κ1) is 17.4. The van der Waals surface area contributed by atoms with Crippen molar-refractivity contribution in [1.82, 2.24) is 4.90 Å². The molecule has 1 spiro atoms. The molecule has 0 saturated heterocycles. The van der Waals surface area contributed by atoms with Crippen LogP contribution in [-0.4, -0.2) is 42.3 Å². The molecule has 0 amide bonds. The summed E-state index contributed by atoms with van der Waals surface area (Å²) in [5.74, 6) is 1.11. The third kappa shape index (κ3) is 2.91. The maximum atomic E-state index is 11.3. The number of hydrogen-bond donors (Lipinski definition) is 1. The van der Waals surface area contributed by atoms with E-state index >= 15 is 0 Å². The lowest BCUT2D eigenvalue weighted by Crippen LogP contribution is -2.48. The molecule has 1 atom stereocenters. The van der Waals surface area contributed by atoms with Crippen LogP contribution in [0.25, 0.3) is 0 Å². The van der Waals surface area contributed by atoms with Gasteiger partial charge in [-0.15, -0.1) is 0 Å². The molecular formula is C22H29NO4. The Morgan fingerprint density at radius 2 is 1.81 bits per heavy atom. The van der Waals surface area contributed by atoms with Crippen LogP contribution in [0.1, 0.15) is 69.0 Å². The lowest BCUT2D eigenvalue weighted by atomic mass is 9.71. The van der Waals surface area contributed by atoms with Crippen LogP contribution in [0.3, 0.4) is 0 Å². The number of nitrogens with zero attached hydrogens (tertiary/aromatic N) is 1. The number of aliphatic carboxylic acids is 1. The molecule has 2 aliphatic heterocycles. The summed E-state index contributed by atoms with van der Waals surface area (Å²) in [5.41, 5.74) is 3.00. The normalized spacial score (nSPS) is 27.4. The number of ether oxygens (including phenoxy) is 2. The van der Waals surface area contributed by atoms with Crippen LogP contribution in [0.4, 0.5) is 0 Å². The number of carboxylic acids is 1. The second kappa shape index (κ2) is 6.13. The number of carbonyl (C=O) groups is 1. The Morgan fingerprint density at radius 1 is 1.15 bits per heavy atom. The molecule has 2 fully saturated rings. The largest absolute Gasteiger partial charge is 0.486 e. The Balaban J connectivity index is 1.52. The van der Waals surface area contributed by atoms with Gasteiger partial charge in [0, 0.05) is 24.5 Å². The van der Waals surface area contributed by atoms with Crippen molar-refractivity contribution in [1.29, 1.82) is 0 Å². The van der Waals surface area contributed by atoms with E-state index in [1.165, 1.54) is 36.8 Å². The summed E-state index contributed by atoms with van der Waals surface area (Å²) in [6.45, 7) is 5.45. The molecule has 0 aromatic heterocycles. The molecule has 27 heavy (non-hydrogen) atoms. The zero-order chi connectivity index (χ0) is 18.6. The van der Waals surface area contributed by atoms with Gasteiger partial charge in [0.05, 0.1) is 6.42 Å². The fraction of sp³-hybridized carbons (Fsp3) is 0.682. The summed E-state index contributed by atoms with van der Waals surface area (Å²) in [6.07, 6.45) is 7.38. The third-order valence-corrected chi connectivity index (χ3v) is 7.37. The minimum Gasteiger partial charge on any atom is -0.486 e. The predicted octanol–water partition coefficient (Wildman–Crippen LogP) is 3.90. The molecule has 1 aromatic rings. The number of hydrogen-bond acceptors (Lipinski definition) is 4. The molecule has 146 valence electrons. The Bertz CT molecular complexity index is 764. The Kier molecular flexibility index (Phi) is 3.94. The van der Waals surface area contributed by atoms with Gasteiger partial charge in [-0.2, -0.15) is 0 Å². The van der Waals surface area contributed by atoms with Gasteiger partial charge in [0.2, 0.25) is 0 Å². The number of carboxylic acid groups (broad SMARTS) is 1. The highest BCUT2D eigenvalue weighted by Gasteiger charge is 2.50. The van der Waals surface area contributed by atoms with Gasteiger partial charge in [0.1, 0.15) is 13.2 Å². The smallest absolute Gasteiger partial charge is 0.303 e. The number of rotatable bonds is 4. The highest BCUT2D eigenvalue weighted by Crippen LogP contribution is 2.55. The Hall–Kier alpha value is -1.75. The molecule has 1 aromatic carbocycles. The molecule has 2 saturated carbocycles. The monoisotopic (exact) mass is 371 g/mol. The summed E-state index contributed by atoms with van der Waals surface area (Å²) in [5, 5.41) is 9.33. The second-order valence-corrected chi connectivity index (χ2v) is 9.22. The van der Waals surface area contributed by atoms with Crippen molar-refractivity contribution in [2.24, 2.45) is 5.41 Å². The summed E-state index contributed by atoms with van der Waals surface area (Å²) < 4.78 is 11.8. The molecule has 5 heteroatoms. The molecule has 0 radical (unpaired) electrons. The van der Waals surface area contributed by atoms with Crippen molar-refractivity contribution in [2.75, 3.05) is 26.3 Å². The maximum absolute atomic E-state index is 11.3. The van der Waals surface area contributed by atoms with Crippen molar-refractivity contribution in [3.8, 4) is 11.5 Å². The minimum absolute atomic E-state index is 0.00872.